The number of aryl methyl sites for hydroxylation is 1. The van der Waals surface area contributed by atoms with Crippen molar-refractivity contribution in [2.75, 3.05) is 11.9 Å². The monoisotopic (exact) mass is 286 g/mol. The van der Waals surface area contributed by atoms with Crippen LogP contribution in [0.1, 0.15) is 35.1 Å². The standard InChI is InChI=1S/C14H18N6O/c1-2-15-14(21)12-5-6-13(20-19-12)17-10-3-4-11-9(7-10)8-16-18-11/h5-6,8,10H,2-4,7H2,1H3,(H,15,21)(H,16,18)(H,17,20)/t10-/m1/s1. The Morgan fingerprint density at radius 2 is 2.33 bits per heavy atom. The van der Waals surface area contributed by atoms with Gasteiger partial charge < -0.3 is 10.6 Å². The van der Waals surface area contributed by atoms with Gasteiger partial charge in [0.15, 0.2) is 5.69 Å². The van der Waals surface area contributed by atoms with Crippen molar-refractivity contribution in [2.24, 2.45) is 0 Å². The third-order valence-electron chi connectivity index (χ3n) is 3.60. The summed E-state index contributed by atoms with van der Waals surface area (Å²) >= 11 is 0. The zero-order valence-corrected chi connectivity index (χ0v) is 11.9. The van der Waals surface area contributed by atoms with E-state index in [2.05, 4.69) is 31.0 Å². The molecule has 2 heterocycles. The molecule has 1 amide bonds. The van der Waals surface area contributed by atoms with Gasteiger partial charge in [0.2, 0.25) is 0 Å². The number of carbonyl (C=O) groups excluding carboxylic acids is 1. The Labute approximate surface area is 122 Å². The number of rotatable bonds is 4. The highest BCUT2D eigenvalue weighted by atomic mass is 16.1. The molecule has 1 aliphatic rings. The second-order valence-corrected chi connectivity index (χ2v) is 5.12. The van der Waals surface area contributed by atoms with Gasteiger partial charge in [0, 0.05) is 18.3 Å². The van der Waals surface area contributed by atoms with Crippen molar-refractivity contribution >= 4 is 11.7 Å². The molecule has 3 rings (SSSR count). The van der Waals surface area contributed by atoms with Crippen LogP contribution in [-0.4, -0.2) is 38.9 Å². The van der Waals surface area contributed by atoms with E-state index < -0.39 is 0 Å². The lowest BCUT2D eigenvalue weighted by Gasteiger charge is -2.23. The first-order valence-electron chi connectivity index (χ1n) is 7.16. The molecular formula is C14H18N6O. The maximum atomic E-state index is 11.6. The van der Waals surface area contributed by atoms with Crippen LogP contribution < -0.4 is 10.6 Å². The number of hydrogen-bond acceptors (Lipinski definition) is 5. The van der Waals surface area contributed by atoms with Gasteiger partial charge in [0.25, 0.3) is 5.91 Å². The summed E-state index contributed by atoms with van der Waals surface area (Å²) in [7, 11) is 0. The highest BCUT2D eigenvalue weighted by Gasteiger charge is 2.20. The normalized spacial score (nSPS) is 17.1. The lowest BCUT2D eigenvalue weighted by atomic mass is 9.93. The molecule has 2 aromatic heterocycles. The number of hydrogen-bond donors (Lipinski definition) is 3. The van der Waals surface area contributed by atoms with Crippen LogP contribution in [0.15, 0.2) is 18.3 Å². The quantitative estimate of drug-likeness (QED) is 0.776. The van der Waals surface area contributed by atoms with E-state index in [1.807, 2.05) is 13.1 Å². The molecule has 0 spiro atoms. The summed E-state index contributed by atoms with van der Waals surface area (Å²) in [4.78, 5) is 11.6. The number of nitrogens with one attached hydrogen (secondary N) is 3. The highest BCUT2D eigenvalue weighted by Crippen LogP contribution is 2.21. The number of nitrogens with zero attached hydrogens (tertiary/aromatic N) is 3. The minimum atomic E-state index is -0.197. The second-order valence-electron chi connectivity index (χ2n) is 5.12. The first-order chi connectivity index (χ1) is 10.3. The topological polar surface area (TPSA) is 95.6 Å². The third kappa shape index (κ3) is 3.01. The van der Waals surface area contributed by atoms with Gasteiger partial charge in [-0.15, -0.1) is 10.2 Å². The zero-order valence-electron chi connectivity index (χ0n) is 11.9. The Kier molecular flexibility index (Phi) is 3.81. The molecule has 0 unspecified atom stereocenters. The summed E-state index contributed by atoms with van der Waals surface area (Å²) in [6, 6.07) is 3.80. The van der Waals surface area contributed by atoms with Crippen LogP contribution >= 0.6 is 0 Å². The van der Waals surface area contributed by atoms with Crippen molar-refractivity contribution in [3.8, 4) is 0 Å². The van der Waals surface area contributed by atoms with E-state index in [0.29, 0.717) is 24.1 Å². The summed E-state index contributed by atoms with van der Waals surface area (Å²) in [5.41, 5.74) is 2.82. The van der Waals surface area contributed by atoms with E-state index in [1.165, 1.54) is 11.3 Å². The van der Waals surface area contributed by atoms with Crippen LogP contribution in [0.2, 0.25) is 0 Å². The molecule has 3 N–H and O–H groups in total. The predicted molar refractivity (Wildman–Crippen MR) is 78.1 cm³/mol. The summed E-state index contributed by atoms with van der Waals surface area (Å²) in [5.74, 6) is 0.497. The Morgan fingerprint density at radius 1 is 1.43 bits per heavy atom. The van der Waals surface area contributed by atoms with E-state index in [-0.39, 0.29) is 5.91 Å². The molecule has 0 saturated carbocycles. The van der Waals surface area contributed by atoms with Crippen molar-refractivity contribution in [1.29, 1.82) is 0 Å². The zero-order chi connectivity index (χ0) is 14.7. The molecular weight excluding hydrogens is 268 g/mol. The van der Waals surface area contributed by atoms with Crippen molar-refractivity contribution in [3.63, 3.8) is 0 Å². The minimum Gasteiger partial charge on any atom is -0.366 e. The number of H-pyrrole nitrogens is 1. The van der Waals surface area contributed by atoms with Crippen LogP contribution in [0.4, 0.5) is 5.82 Å². The molecule has 0 bridgehead atoms. The number of aromatic amines is 1. The lowest BCUT2D eigenvalue weighted by molar-refractivity contribution is 0.0950. The maximum absolute atomic E-state index is 11.6. The van der Waals surface area contributed by atoms with E-state index in [1.54, 1.807) is 12.1 Å². The van der Waals surface area contributed by atoms with Crippen molar-refractivity contribution in [3.05, 3.63) is 35.3 Å². The summed E-state index contributed by atoms with van der Waals surface area (Å²) in [6.07, 6.45) is 4.81. The molecule has 7 heteroatoms. The lowest BCUT2D eigenvalue weighted by Crippen LogP contribution is -2.28. The van der Waals surface area contributed by atoms with E-state index >= 15 is 0 Å². The predicted octanol–water partition coefficient (Wildman–Crippen LogP) is 0.919. The molecule has 2 aromatic rings. The van der Waals surface area contributed by atoms with Crippen molar-refractivity contribution in [1.82, 2.24) is 25.7 Å². The molecule has 1 atom stereocenters. The fraction of sp³-hybridized carbons (Fsp3) is 0.429. The van der Waals surface area contributed by atoms with Gasteiger partial charge in [-0.25, -0.2) is 0 Å². The Balaban J connectivity index is 1.62. The largest absolute Gasteiger partial charge is 0.366 e. The van der Waals surface area contributed by atoms with Gasteiger partial charge in [0.05, 0.1) is 6.20 Å². The van der Waals surface area contributed by atoms with Gasteiger partial charge in [-0.3, -0.25) is 9.89 Å². The SMILES string of the molecule is CCNC(=O)c1ccc(N[C@@H]2CCc3[nH]ncc3C2)nn1. The number of anilines is 1. The minimum absolute atomic E-state index is 0.197. The summed E-state index contributed by atoms with van der Waals surface area (Å²) in [6.45, 7) is 2.45. The summed E-state index contributed by atoms with van der Waals surface area (Å²) in [5, 5.41) is 21.2. The van der Waals surface area contributed by atoms with Gasteiger partial charge in [-0.1, -0.05) is 0 Å². The van der Waals surface area contributed by atoms with E-state index in [0.717, 1.165) is 19.3 Å². The molecule has 0 fully saturated rings. The fourth-order valence-corrected chi connectivity index (χ4v) is 2.53. The molecule has 110 valence electrons. The molecule has 0 radical (unpaired) electrons. The van der Waals surface area contributed by atoms with Crippen molar-refractivity contribution < 1.29 is 4.79 Å². The first kappa shape index (κ1) is 13.5. The van der Waals surface area contributed by atoms with Gasteiger partial charge in [-0.2, -0.15) is 5.10 Å². The molecule has 21 heavy (non-hydrogen) atoms. The van der Waals surface area contributed by atoms with E-state index in [9.17, 15) is 4.79 Å². The molecule has 1 aliphatic carbocycles. The Bertz CT molecular complexity index is 621. The average Bonchev–Trinajstić information content (AvgIpc) is 2.96. The molecule has 7 nitrogen and oxygen atoms in total. The fourth-order valence-electron chi connectivity index (χ4n) is 2.53. The number of fused-ring (bicyclic) bond motifs is 1. The number of aromatic nitrogens is 4. The molecule has 0 aliphatic heterocycles. The maximum Gasteiger partial charge on any atom is 0.271 e. The average molecular weight is 286 g/mol. The molecule has 0 aromatic carbocycles. The number of carbonyl (C=O) groups is 1. The van der Waals surface area contributed by atoms with Crippen LogP contribution in [0.3, 0.4) is 0 Å². The summed E-state index contributed by atoms with van der Waals surface area (Å²) < 4.78 is 0. The smallest absolute Gasteiger partial charge is 0.271 e. The first-order valence-corrected chi connectivity index (χ1v) is 7.16. The van der Waals surface area contributed by atoms with Gasteiger partial charge >= 0.3 is 0 Å². The second kappa shape index (κ2) is 5.90. The van der Waals surface area contributed by atoms with E-state index in [4.69, 9.17) is 0 Å². The van der Waals surface area contributed by atoms with Gasteiger partial charge in [-0.05, 0) is 43.9 Å². The van der Waals surface area contributed by atoms with Crippen LogP contribution in [0.25, 0.3) is 0 Å². The Morgan fingerprint density at radius 3 is 3.10 bits per heavy atom. The van der Waals surface area contributed by atoms with Gasteiger partial charge in [0.1, 0.15) is 5.82 Å². The number of amides is 1. The van der Waals surface area contributed by atoms with Crippen molar-refractivity contribution in [2.45, 2.75) is 32.2 Å². The van der Waals surface area contributed by atoms with Crippen LogP contribution in [0, 0.1) is 0 Å². The third-order valence-corrected chi connectivity index (χ3v) is 3.60. The van der Waals surface area contributed by atoms with Crippen LogP contribution in [0.5, 0.6) is 0 Å². The van der Waals surface area contributed by atoms with Crippen LogP contribution in [-0.2, 0) is 12.8 Å². The molecule has 0 saturated heterocycles. The Hall–Kier alpha value is -2.44. The highest BCUT2D eigenvalue weighted by molar-refractivity contribution is 5.92.